The van der Waals surface area contributed by atoms with Crippen LogP contribution in [0.15, 0.2) is 0 Å². The Morgan fingerprint density at radius 3 is 2.22 bits per heavy atom. The SMILES string of the molecule is CC(C)CCC1CCN(C(=O)C(C)C(C)N)CC1. The van der Waals surface area contributed by atoms with Gasteiger partial charge in [0.05, 0.1) is 5.92 Å². The summed E-state index contributed by atoms with van der Waals surface area (Å²) in [5, 5.41) is 0. The van der Waals surface area contributed by atoms with Crippen LogP contribution in [0.5, 0.6) is 0 Å². The molecule has 1 amide bonds. The lowest BCUT2D eigenvalue weighted by Crippen LogP contribution is -2.45. The predicted octanol–water partition coefficient (Wildman–Crippen LogP) is 2.64. The highest BCUT2D eigenvalue weighted by atomic mass is 16.2. The fourth-order valence-corrected chi connectivity index (χ4v) is 2.52. The van der Waals surface area contributed by atoms with Gasteiger partial charge in [-0.05, 0) is 31.6 Å². The van der Waals surface area contributed by atoms with Crippen LogP contribution in [0.3, 0.4) is 0 Å². The zero-order valence-corrected chi connectivity index (χ0v) is 12.5. The van der Waals surface area contributed by atoms with Gasteiger partial charge in [-0.1, -0.05) is 33.6 Å². The van der Waals surface area contributed by atoms with Crippen molar-refractivity contribution in [3.05, 3.63) is 0 Å². The predicted molar refractivity (Wildman–Crippen MR) is 76.2 cm³/mol. The summed E-state index contributed by atoms with van der Waals surface area (Å²) in [7, 11) is 0. The smallest absolute Gasteiger partial charge is 0.226 e. The molecular weight excluding hydrogens is 224 g/mol. The second-order valence-corrected chi connectivity index (χ2v) is 6.39. The number of carbonyl (C=O) groups excluding carboxylic acids is 1. The van der Waals surface area contributed by atoms with Gasteiger partial charge in [-0.3, -0.25) is 4.79 Å². The number of likely N-dealkylation sites (tertiary alicyclic amines) is 1. The summed E-state index contributed by atoms with van der Waals surface area (Å²) in [5.41, 5.74) is 5.80. The van der Waals surface area contributed by atoms with Gasteiger partial charge in [0.2, 0.25) is 5.91 Å². The van der Waals surface area contributed by atoms with Crippen LogP contribution in [0.4, 0.5) is 0 Å². The van der Waals surface area contributed by atoms with Crippen LogP contribution < -0.4 is 5.73 Å². The first-order chi connectivity index (χ1) is 8.41. The van der Waals surface area contributed by atoms with Gasteiger partial charge in [0, 0.05) is 19.1 Å². The van der Waals surface area contributed by atoms with Crippen LogP contribution in [0.2, 0.25) is 0 Å². The topological polar surface area (TPSA) is 46.3 Å². The van der Waals surface area contributed by atoms with E-state index in [0.29, 0.717) is 0 Å². The molecule has 0 aromatic heterocycles. The maximum atomic E-state index is 12.2. The molecule has 0 bridgehead atoms. The number of carbonyl (C=O) groups is 1. The largest absolute Gasteiger partial charge is 0.342 e. The van der Waals surface area contributed by atoms with Crippen LogP contribution in [-0.4, -0.2) is 29.9 Å². The summed E-state index contributed by atoms with van der Waals surface area (Å²) in [6.45, 7) is 10.3. The molecule has 2 unspecified atom stereocenters. The fraction of sp³-hybridized carbons (Fsp3) is 0.933. The Hall–Kier alpha value is -0.570. The highest BCUT2D eigenvalue weighted by molar-refractivity contribution is 5.79. The van der Waals surface area contributed by atoms with Crippen molar-refractivity contribution in [3.63, 3.8) is 0 Å². The monoisotopic (exact) mass is 254 g/mol. The number of amides is 1. The summed E-state index contributed by atoms with van der Waals surface area (Å²) in [4.78, 5) is 14.2. The van der Waals surface area contributed by atoms with E-state index in [1.807, 2.05) is 18.7 Å². The Balaban J connectivity index is 2.32. The molecular formula is C15H30N2O. The molecule has 18 heavy (non-hydrogen) atoms. The Kier molecular flexibility index (Phi) is 6.13. The van der Waals surface area contributed by atoms with E-state index in [0.717, 1.165) is 24.9 Å². The van der Waals surface area contributed by atoms with Gasteiger partial charge in [-0.25, -0.2) is 0 Å². The lowest BCUT2D eigenvalue weighted by Gasteiger charge is -2.34. The average Bonchev–Trinajstić information content (AvgIpc) is 2.35. The number of piperidine rings is 1. The third-order valence-electron chi connectivity index (χ3n) is 4.26. The van der Waals surface area contributed by atoms with Crippen LogP contribution in [0.25, 0.3) is 0 Å². The number of hydrogen-bond donors (Lipinski definition) is 1. The van der Waals surface area contributed by atoms with Gasteiger partial charge in [-0.2, -0.15) is 0 Å². The van der Waals surface area contributed by atoms with E-state index >= 15 is 0 Å². The molecule has 0 aliphatic carbocycles. The van der Waals surface area contributed by atoms with Gasteiger partial charge in [0.1, 0.15) is 0 Å². The molecule has 2 N–H and O–H groups in total. The van der Waals surface area contributed by atoms with E-state index in [1.165, 1.54) is 25.7 Å². The maximum Gasteiger partial charge on any atom is 0.226 e. The molecule has 0 saturated carbocycles. The normalized spacial score (nSPS) is 21.1. The molecule has 1 aliphatic heterocycles. The van der Waals surface area contributed by atoms with Gasteiger partial charge in [0.15, 0.2) is 0 Å². The minimum Gasteiger partial charge on any atom is -0.342 e. The molecule has 2 atom stereocenters. The Labute approximate surface area is 112 Å². The van der Waals surface area contributed by atoms with Crippen molar-refractivity contribution < 1.29 is 4.79 Å². The molecule has 1 saturated heterocycles. The van der Waals surface area contributed by atoms with E-state index in [2.05, 4.69) is 13.8 Å². The highest BCUT2D eigenvalue weighted by Gasteiger charge is 2.27. The van der Waals surface area contributed by atoms with Gasteiger partial charge >= 0.3 is 0 Å². The molecule has 0 radical (unpaired) electrons. The molecule has 0 aromatic carbocycles. The standard InChI is InChI=1S/C15H30N2O/c1-11(2)5-6-14-7-9-17(10-8-14)15(18)12(3)13(4)16/h11-14H,5-10,16H2,1-4H3. The minimum atomic E-state index is -0.0452. The summed E-state index contributed by atoms with van der Waals surface area (Å²) >= 11 is 0. The van der Waals surface area contributed by atoms with Crippen molar-refractivity contribution in [1.82, 2.24) is 4.90 Å². The second-order valence-electron chi connectivity index (χ2n) is 6.39. The van der Waals surface area contributed by atoms with Crippen molar-refractivity contribution in [2.24, 2.45) is 23.5 Å². The van der Waals surface area contributed by atoms with E-state index in [1.54, 1.807) is 0 Å². The highest BCUT2D eigenvalue weighted by Crippen LogP contribution is 2.24. The van der Waals surface area contributed by atoms with Crippen LogP contribution in [0.1, 0.15) is 53.4 Å². The molecule has 106 valence electrons. The zero-order valence-electron chi connectivity index (χ0n) is 12.5. The van der Waals surface area contributed by atoms with E-state index in [-0.39, 0.29) is 17.9 Å². The number of hydrogen-bond acceptors (Lipinski definition) is 2. The lowest BCUT2D eigenvalue weighted by atomic mass is 9.89. The minimum absolute atomic E-state index is 0.0442. The molecule has 1 aliphatic rings. The van der Waals surface area contributed by atoms with E-state index < -0.39 is 0 Å². The Bertz CT molecular complexity index is 255. The van der Waals surface area contributed by atoms with Crippen molar-refractivity contribution in [2.45, 2.75) is 59.4 Å². The quantitative estimate of drug-likeness (QED) is 0.820. The molecule has 0 spiro atoms. The Morgan fingerprint density at radius 1 is 1.22 bits per heavy atom. The third kappa shape index (κ3) is 4.60. The zero-order chi connectivity index (χ0) is 13.7. The summed E-state index contributed by atoms with van der Waals surface area (Å²) in [5.74, 6) is 1.81. The Morgan fingerprint density at radius 2 is 1.78 bits per heavy atom. The van der Waals surface area contributed by atoms with Gasteiger partial charge in [-0.15, -0.1) is 0 Å². The molecule has 3 heteroatoms. The van der Waals surface area contributed by atoms with Crippen molar-refractivity contribution in [2.75, 3.05) is 13.1 Å². The van der Waals surface area contributed by atoms with Gasteiger partial charge in [0.25, 0.3) is 0 Å². The number of rotatable bonds is 5. The summed E-state index contributed by atoms with van der Waals surface area (Å²) in [6, 6.07) is -0.0452. The first kappa shape index (κ1) is 15.5. The first-order valence-corrected chi connectivity index (χ1v) is 7.46. The second kappa shape index (κ2) is 7.13. The average molecular weight is 254 g/mol. The summed E-state index contributed by atoms with van der Waals surface area (Å²) < 4.78 is 0. The first-order valence-electron chi connectivity index (χ1n) is 7.46. The molecule has 1 fully saturated rings. The number of nitrogens with zero attached hydrogens (tertiary/aromatic N) is 1. The molecule has 0 aromatic rings. The third-order valence-corrected chi connectivity index (χ3v) is 4.26. The number of nitrogens with two attached hydrogens (primary N) is 1. The van der Waals surface area contributed by atoms with Crippen molar-refractivity contribution in [3.8, 4) is 0 Å². The lowest BCUT2D eigenvalue weighted by molar-refractivity contribution is -0.136. The van der Waals surface area contributed by atoms with Crippen molar-refractivity contribution in [1.29, 1.82) is 0 Å². The van der Waals surface area contributed by atoms with Crippen LogP contribution >= 0.6 is 0 Å². The van der Waals surface area contributed by atoms with E-state index in [4.69, 9.17) is 5.73 Å². The van der Waals surface area contributed by atoms with E-state index in [9.17, 15) is 4.79 Å². The van der Waals surface area contributed by atoms with Crippen LogP contribution in [-0.2, 0) is 4.79 Å². The molecule has 1 rings (SSSR count). The van der Waals surface area contributed by atoms with Crippen molar-refractivity contribution >= 4 is 5.91 Å². The molecule has 3 nitrogen and oxygen atoms in total. The maximum absolute atomic E-state index is 12.2. The van der Waals surface area contributed by atoms with Crippen LogP contribution in [0, 0.1) is 17.8 Å². The summed E-state index contributed by atoms with van der Waals surface area (Å²) in [6.07, 6.45) is 4.98. The fourth-order valence-electron chi connectivity index (χ4n) is 2.52. The molecule has 1 heterocycles. The van der Waals surface area contributed by atoms with Gasteiger partial charge < -0.3 is 10.6 Å².